The minimum Gasteiger partial charge on any atom is -0.481 e. The Morgan fingerprint density at radius 3 is 2.54 bits per heavy atom. The van der Waals surface area contributed by atoms with E-state index < -0.39 is 21.2 Å². The third kappa shape index (κ3) is 4.64. The van der Waals surface area contributed by atoms with Gasteiger partial charge in [-0.1, -0.05) is 6.08 Å². The van der Waals surface area contributed by atoms with Crippen LogP contribution in [-0.2, 0) is 14.6 Å². The molecule has 0 bridgehead atoms. The van der Waals surface area contributed by atoms with Gasteiger partial charge in [-0.25, -0.2) is 8.42 Å². The Balaban J connectivity index is 4.05. The van der Waals surface area contributed by atoms with Crippen LogP contribution in [0.4, 0.5) is 0 Å². The van der Waals surface area contributed by atoms with Crippen molar-refractivity contribution in [1.29, 1.82) is 0 Å². The first-order valence-corrected chi connectivity index (χ1v) is 5.43. The predicted molar refractivity (Wildman–Crippen MR) is 48.8 cm³/mol. The first-order chi connectivity index (χ1) is 5.90. The van der Waals surface area contributed by atoms with E-state index in [9.17, 15) is 13.2 Å². The van der Waals surface area contributed by atoms with Crippen molar-refractivity contribution in [3.63, 3.8) is 0 Å². The number of hydrogen-bond donors (Lipinski definition) is 2. The van der Waals surface area contributed by atoms with Crippen molar-refractivity contribution in [1.82, 2.24) is 0 Å². The van der Waals surface area contributed by atoms with Crippen molar-refractivity contribution in [2.45, 2.75) is 18.2 Å². The van der Waals surface area contributed by atoms with Crippen molar-refractivity contribution >= 4 is 15.8 Å². The van der Waals surface area contributed by atoms with Gasteiger partial charge in [0, 0.05) is 6.42 Å². The number of hydrogen-bond acceptors (Lipinski definition) is 4. The molecule has 6 heteroatoms. The quantitative estimate of drug-likeness (QED) is 0.585. The molecule has 3 N–H and O–H groups in total. The van der Waals surface area contributed by atoms with Gasteiger partial charge in [-0.3, -0.25) is 4.79 Å². The number of nitrogens with two attached hydrogens (primary N) is 1. The highest BCUT2D eigenvalue weighted by Crippen LogP contribution is 2.02. The summed E-state index contributed by atoms with van der Waals surface area (Å²) in [7, 11) is -3.41. The summed E-state index contributed by atoms with van der Waals surface area (Å²) in [5.41, 5.74) is 5.21. The minimum atomic E-state index is -3.41. The molecule has 76 valence electrons. The molecule has 0 spiro atoms. The molecule has 0 aromatic rings. The summed E-state index contributed by atoms with van der Waals surface area (Å²) in [5, 5.41) is 7.16. The van der Waals surface area contributed by atoms with Gasteiger partial charge in [-0.2, -0.15) is 0 Å². The summed E-state index contributed by atoms with van der Waals surface area (Å²) in [6.45, 7) is 3.25. The molecule has 1 atom stereocenters. The summed E-state index contributed by atoms with van der Waals surface area (Å²) in [6, 6.07) is 0. The Hall–Kier alpha value is -0.880. The van der Waals surface area contributed by atoms with Crippen LogP contribution < -0.4 is 5.73 Å². The van der Waals surface area contributed by atoms with Crippen molar-refractivity contribution in [2.75, 3.05) is 5.75 Å². The normalized spacial score (nSPS) is 13.6. The zero-order valence-corrected chi connectivity index (χ0v) is 7.96. The van der Waals surface area contributed by atoms with E-state index >= 15 is 0 Å². The number of carbonyl (C=O) groups is 1. The lowest BCUT2D eigenvalue weighted by Gasteiger charge is -2.06. The van der Waals surface area contributed by atoms with E-state index in [-0.39, 0.29) is 18.6 Å². The fourth-order valence-corrected chi connectivity index (χ4v) is 1.82. The molecule has 13 heavy (non-hydrogen) atoms. The molecule has 0 aliphatic heterocycles. The van der Waals surface area contributed by atoms with Crippen molar-refractivity contribution in [3.05, 3.63) is 12.7 Å². The third-order valence-electron chi connectivity index (χ3n) is 1.47. The molecular formula is C7H13NO4S. The molecule has 0 heterocycles. The summed E-state index contributed by atoms with van der Waals surface area (Å²) in [5.74, 6) is -1.23. The lowest BCUT2D eigenvalue weighted by atomic mass is 10.3. The van der Waals surface area contributed by atoms with Gasteiger partial charge in [0.1, 0.15) is 5.37 Å². The monoisotopic (exact) mass is 207 g/mol. The van der Waals surface area contributed by atoms with Crippen LogP contribution in [0.1, 0.15) is 12.8 Å². The summed E-state index contributed by atoms with van der Waals surface area (Å²) >= 11 is 0. The van der Waals surface area contributed by atoms with Crippen molar-refractivity contribution < 1.29 is 18.3 Å². The Bertz CT molecular complexity index is 283. The van der Waals surface area contributed by atoms with Crippen molar-refractivity contribution in [2.24, 2.45) is 5.73 Å². The largest absolute Gasteiger partial charge is 0.481 e. The van der Waals surface area contributed by atoms with Crippen LogP contribution in [0.3, 0.4) is 0 Å². The molecule has 5 nitrogen and oxygen atoms in total. The molecule has 0 saturated carbocycles. The standard InChI is InChI=1S/C7H13NO4S/c1-2-6(8)13(11,12)5-3-4-7(9)10/h2,6H,1,3-5,8H2,(H,9,10). The van der Waals surface area contributed by atoms with E-state index in [4.69, 9.17) is 10.8 Å². The van der Waals surface area contributed by atoms with Crippen LogP contribution >= 0.6 is 0 Å². The van der Waals surface area contributed by atoms with Gasteiger partial charge in [-0.05, 0) is 6.42 Å². The van der Waals surface area contributed by atoms with Gasteiger partial charge in [-0.15, -0.1) is 6.58 Å². The lowest BCUT2D eigenvalue weighted by molar-refractivity contribution is -0.137. The van der Waals surface area contributed by atoms with Gasteiger partial charge < -0.3 is 10.8 Å². The van der Waals surface area contributed by atoms with E-state index in [0.717, 1.165) is 6.08 Å². The number of sulfone groups is 1. The molecule has 1 unspecified atom stereocenters. The Morgan fingerprint density at radius 1 is 1.62 bits per heavy atom. The number of aliphatic carboxylic acids is 1. The Morgan fingerprint density at radius 2 is 2.15 bits per heavy atom. The average molecular weight is 207 g/mol. The van der Waals surface area contributed by atoms with Crippen molar-refractivity contribution in [3.8, 4) is 0 Å². The zero-order valence-electron chi connectivity index (χ0n) is 7.14. The second kappa shape index (κ2) is 4.98. The molecule has 0 aliphatic carbocycles. The molecule has 0 rings (SSSR count). The molecule has 0 aromatic carbocycles. The number of carboxylic acids is 1. The maximum Gasteiger partial charge on any atom is 0.303 e. The van der Waals surface area contributed by atoms with Crippen LogP contribution in [0.5, 0.6) is 0 Å². The minimum absolute atomic E-state index is 0.0825. The highest BCUT2D eigenvalue weighted by Gasteiger charge is 2.17. The number of carboxylic acid groups (broad SMARTS) is 1. The first-order valence-electron chi connectivity index (χ1n) is 3.71. The molecule has 0 saturated heterocycles. The fraction of sp³-hybridized carbons (Fsp3) is 0.571. The zero-order chi connectivity index (χ0) is 10.5. The summed E-state index contributed by atoms with van der Waals surface area (Å²) in [4.78, 5) is 10.1. The third-order valence-corrected chi connectivity index (χ3v) is 3.35. The second-order valence-electron chi connectivity index (χ2n) is 2.56. The molecular weight excluding hydrogens is 194 g/mol. The lowest BCUT2D eigenvalue weighted by Crippen LogP contribution is -2.30. The van der Waals surface area contributed by atoms with E-state index in [1.807, 2.05) is 0 Å². The van der Waals surface area contributed by atoms with Crippen LogP contribution in [0.15, 0.2) is 12.7 Å². The molecule has 0 aliphatic rings. The molecule has 0 radical (unpaired) electrons. The van der Waals surface area contributed by atoms with Crippen LogP contribution in [0.2, 0.25) is 0 Å². The summed E-state index contributed by atoms with van der Waals surface area (Å²) < 4.78 is 22.3. The highest BCUT2D eigenvalue weighted by atomic mass is 32.2. The van der Waals surface area contributed by atoms with Crippen LogP contribution in [0, 0.1) is 0 Å². The second-order valence-corrected chi connectivity index (χ2v) is 4.84. The average Bonchev–Trinajstić information content (AvgIpc) is 2.01. The Kier molecular flexibility index (Phi) is 4.64. The van der Waals surface area contributed by atoms with Gasteiger partial charge in [0.25, 0.3) is 0 Å². The van der Waals surface area contributed by atoms with Gasteiger partial charge in [0.05, 0.1) is 5.75 Å². The fourth-order valence-electron chi connectivity index (χ4n) is 0.707. The number of rotatable bonds is 6. The topological polar surface area (TPSA) is 97.5 Å². The maximum absolute atomic E-state index is 11.2. The van der Waals surface area contributed by atoms with Crippen LogP contribution in [-0.4, -0.2) is 30.6 Å². The Labute approximate surface area is 77.2 Å². The summed E-state index contributed by atoms with van der Waals surface area (Å²) in [6.07, 6.45) is 1.04. The molecule has 0 amide bonds. The van der Waals surface area contributed by atoms with Crippen LogP contribution in [0.25, 0.3) is 0 Å². The maximum atomic E-state index is 11.2. The van der Waals surface area contributed by atoms with Gasteiger partial charge >= 0.3 is 5.97 Å². The van der Waals surface area contributed by atoms with E-state index in [1.54, 1.807) is 0 Å². The van der Waals surface area contributed by atoms with Gasteiger partial charge in [0.15, 0.2) is 9.84 Å². The SMILES string of the molecule is C=CC(N)S(=O)(=O)CCCC(=O)O. The highest BCUT2D eigenvalue weighted by molar-refractivity contribution is 7.92. The van der Waals surface area contributed by atoms with E-state index in [2.05, 4.69) is 6.58 Å². The first kappa shape index (κ1) is 12.1. The van der Waals surface area contributed by atoms with Gasteiger partial charge in [0.2, 0.25) is 0 Å². The smallest absolute Gasteiger partial charge is 0.303 e. The molecule has 0 aromatic heterocycles. The van der Waals surface area contributed by atoms with E-state index in [0.29, 0.717) is 0 Å². The molecule has 0 fully saturated rings. The predicted octanol–water partition coefficient (Wildman–Crippen LogP) is -0.263. The van der Waals surface area contributed by atoms with E-state index in [1.165, 1.54) is 0 Å².